The Kier molecular flexibility index (Phi) is 24.5. The van der Waals surface area contributed by atoms with Crippen molar-refractivity contribution in [1.29, 1.82) is 0 Å². The summed E-state index contributed by atoms with van der Waals surface area (Å²) in [6.45, 7) is 15.6. The van der Waals surface area contributed by atoms with Crippen LogP contribution in [0.25, 0.3) is 0 Å². The molecule has 438 valence electrons. The molecular formula is C56H90N7O15+. The summed E-state index contributed by atoms with van der Waals surface area (Å²) >= 11 is 0. The van der Waals surface area contributed by atoms with Gasteiger partial charge >= 0.3 is 5.97 Å². The minimum atomic E-state index is -1.95. The molecule has 78 heavy (non-hydrogen) atoms. The van der Waals surface area contributed by atoms with Crippen molar-refractivity contribution in [2.45, 2.75) is 173 Å². The molecule has 0 radical (unpaired) electrons. The number of likely N-dealkylation sites (N-methyl/N-ethyl adjacent to an activating group) is 2. The highest BCUT2D eigenvalue weighted by molar-refractivity contribution is 5.92. The summed E-state index contributed by atoms with van der Waals surface area (Å²) in [6, 6.07) is 10.4. The predicted molar refractivity (Wildman–Crippen MR) is 290 cm³/mol. The first-order valence-electron chi connectivity index (χ1n) is 27.2. The number of quaternary nitrogens is 1. The second-order valence-corrected chi connectivity index (χ2v) is 22.4. The van der Waals surface area contributed by atoms with E-state index in [0.29, 0.717) is 36.9 Å². The topological polar surface area (TPSA) is 309 Å². The Morgan fingerprint density at radius 3 is 2.10 bits per heavy atom. The summed E-state index contributed by atoms with van der Waals surface area (Å²) < 4.78 is 23.3. The van der Waals surface area contributed by atoms with Gasteiger partial charge in [0.25, 0.3) is 5.91 Å². The summed E-state index contributed by atoms with van der Waals surface area (Å²) in [4.78, 5) is 85.8. The average molecular weight is 1100 g/mol. The Morgan fingerprint density at radius 2 is 1.54 bits per heavy atom. The number of nitrogens with two attached hydrogens (primary N) is 1. The van der Waals surface area contributed by atoms with Gasteiger partial charge in [-0.25, -0.2) is 4.79 Å². The van der Waals surface area contributed by atoms with Crippen LogP contribution in [0, 0.1) is 23.7 Å². The number of aliphatic hydroxyl groups excluding tert-OH is 4. The highest BCUT2D eigenvalue weighted by Crippen LogP contribution is 2.34. The molecule has 2 heterocycles. The molecule has 2 aliphatic rings. The van der Waals surface area contributed by atoms with Crippen molar-refractivity contribution in [3.8, 4) is 5.75 Å². The van der Waals surface area contributed by atoms with Gasteiger partial charge in [-0.3, -0.25) is 24.0 Å². The minimum absolute atomic E-state index is 0.0224. The first-order valence-corrected chi connectivity index (χ1v) is 27.2. The number of hydrogen-bond donors (Lipinski definition) is 9. The Morgan fingerprint density at radius 1 is 0.885 bits per heavy atom. The molecule has 5 amide bonds. The number of carbonyl (C=O) groups is 6. The van der Waals surface area contributed by atoms with Crippen LogP contribution < -0.4 is 26.4 Å². The third-order valence-electron chi connectivity index (χ3n) is 15.5. The van der Waals surface area contributed by atoms with E-state index in [0.717, 1.165) is 0 Å². The number of nitrogens with one attached hydrogen (secondary N) is 3. The number of rotatable bonds is 28. The Hall–Kier alpha value is -5.30. The van der Waals surface area contributed by atoms with E-state index in [1.807, 2.05) is 73.8 Å². The van der Waals surface area contributed by atoms with Crippen LogP contribution in [0.4, 0.5) is 5.69 Å². The van der Waals surface area contributed by atoms with Gasteiger partial charge in [0.2, 0.25) is 29.9 Å². The number of nitrogens with zero attached hydrogens (tertiary/aromatic N) is 3. The lowest BCUT2D eigenvalue weighted by Crippen LogP contribution is -2.63. The van der Waals surface area contributed by atoms with E-state index in [1.54, 1.807) is 55.0 Å². The van der Waals surface area contributed by atoms with Gasteiger partial charge in [-0.15, -0.1) is 0 Å². The fourth-order valence-electron chi connectivity index (χ4n) is 11.1. The van der Waals surface area contributed by atoms with Crippen LogP contribution >= 0.6 is 0 Å². The van der Waals surface area contributed by atoms with Gasteiger partial charge in [-0.1, -0.05) is 85.2 Å². The Labute approximate surface area is 459 Å². The van der Waals surface area contributed by atoms with E-state index in [2.05, 4.69) is 16.0 Å². The Balaban J connectivity index is 1.53. The van der Waals surface area contributed by atoms with Crippen LogP contribution in [0.1, 0.15) is 105 Å². The van der Waals surface area contributed by atoms with Crippen molar-refractivity contribution in [3.05, 3.63) is 59.7 Å². The van der Waals surface area contributed by atoms with Crippen molar-refractivity contribution in [2.24, 2.45) is 29.4 Å². The van der Waals surface area contributed by atoms with Crippen molar-refractivity contribution >= 4 is 41.2 Å². The van der Waals surface area contributed by atoms with Crippen LogP contribution in [0.15, 0.2) is 48.5 Å². The van der Waals surface area contributed by atoms with Crippen LogP contribution in [0.3, 0.4) is 0 Å². The second kappa shape index (κ2) is 29.2. The van der Waals surface area contributed by atoms with Crippen LogP contribution in [0.2, 0.25) is 0 Å². The van der Waals surface area contributed by atoms with Gasteiger partial charge < -0.3 is 80.4 Å². The number of anilines is 1. The van der Waals surface area contributed by atoms with E-state index in [1.165, 1.54) is 20.3 Å². The summed E-state index contributed by atoms with van der Waals surface area (Å²) in [5.74, 6) is -4.89. The van der Waals surface area contributed by atoms with E-state index >= 15 is 0 Å². The molecule has 2 aromatic rings. The highest BCUT2D eigenvalue weighted by Gasteiger charge is 2.49. The Bertz CT molecular complexity index is 2310. The maximum Gasteiger partial charge on any atom is 0.335 e. The second-order valence-electron chi connectivity index (χ2n) is 22.4. The number of ether oxygens (including phenoxy) is 4. The number of hydrogen-bond acceptors (Lipinski definition) is 15. The molecule has 22 nitrogen and oxygen atoms in total. The van der Waals surface area contributed by atoms with Crippen molar-refractivity contribution in [1.82, 2.24) is 20.4 Å². The lowest BCUT2D eigenvalue weighted by Gasteiger charge is -2.42. The van der Waals surface area contributed by atoms with Crippen LogP contribution in [-0.2, 0) is 49.5 Å². The monoisotopic (exact) mass is 1100 g/mol. The van der Waals surface area contributed by atoms with Crippen LogP contribution in [-0.4, -0.2) is 197 Å². The fraction of sp³-hybridized carbons (Fsp3) is 0.679. The van der Waals surface area contributed by atoms with Crippen molar-refractivity contribution in [3.63, 3.8) is 0 Å². The normalized spacial score (nSPS) is 23.3. The molecule has 15 atom stereocenters. The maximum absolute atomic E-state index is 14.9. The minimum Gasteiger partial charge on any atom is -0.479 e. The zero-order valence-corrected chi connectivity index (χ0v) is 47.8. The van der Waals surface area contributed by atoms with Gasteiger partial charge in [0.05, 0.1) is 68.6 Å². The molecule has 22 heteroatoms. The molecule has 2 aromatic carbocycles. The molecular weight excluding hydrogens is 1010 g/mol. The lowest BCUT2D eigenvalue weighted by molar-refractivity contribution is -0.922. The van der Waals surface area contributed by atoms with Gasteiger partial charge in [0.1, 0.15) is 36.6 Å². The summed E-state index contributed by atoms with van der Waals surface area (Å²) in [5.41, 5.74) is 7.04. The standard InChI is InChI=1S/C56H89N7O15/c1-14-32(6)44(40(75-12)28-42(65)62-26-18-21-38(62)50(76-13)33(7)52(70)58-34(8)46(66)36-19-16-15-17-20-36)61(9)54(72)43(30(2)3)60-53(71)45(31(4)5)63(10,11)29-35-22-23-39(37(27-35)59-41(64)24-25-57)77-56-49(69)47(67)48(68)51(78-56)55(73)74/h15-17,19-20,22-23,27,30-34,38,40,43-51,56,66-69H,14,18,21,24-26,28-29,57H2,1-13H3,(H3-,58,59,60,64,70,71,73,74)/p+1/t32-,33+,34+,38?,40+,43?,44-,45?,46+,47-,48-,49+,50+,51-,56+/m0/s1. The van der Waals surface area contributed by atoms with E-state index in [9.17, 15) is 54.3 Å². The van der Waals surface area contributed by atoms with Gasteiger partial charge in [0.15, 0.2) is 12.1 Å². The molecule has 0 spiro atoms. The zero-order valence-electron chi connectivity index (χ0n) is 47.8. The molecule has 10 N–H and O–H groups in total. The number of likely N-dealkylation sites (tertiary alicyclic amines) is 1. The predicted octanol–water partition coefficient (Wildman–Crippen LogP) is 2.15. The summed E-state index contributed by atoms with van der Waals surface area (Å²) in [6.07, 6.45) is -9.97. The van der Waals surface area contributed by atoms with Gasteiger partial charge in [-0.2, -0.15) is 0 Å². The molecule has 4 rings (SSSR count). The third kappa shape index (κ3) is 16.2. The molecule has 3 unspecified atom stereocenters. The number of amides is 5. The first kappa shape index (κ1) is 65.2. The van der Waals surface area contributed by atoms with Crippen molar-refractivity contribution in [2.75, 3.05) is 53.8 Å². The smallest absolute Gasteiger partial charge is 0.335 e. The quantitative estimate of drug-likeness (QED) is 0.0552. The third-order valence-corrected chi connectivity index (χ3v) is 15.5. The number of aliphatic hydroxyl groups is 4. The molecule has 0 saturated carbocycles. The SMILES string of the molecule is CC[C@H](C)[C@@H]([C@@H](CC(=O)N1CCCC1[C@H](OC)[C@@H](C)C(=O)N[C@H](C)[C@@H](O)c1ccccc1)OC)N(C)C(=O)C(NC(=O)C(C(C)C)[N+](C)(C)Cc1ccc(O[C@@H]2O[C@H](C(=O)O)[C@@H](O)[C@H](O)[C@H]2O)c(NC(=O)CCN)c1)C(C)C. The molecule has 0 aliphatic carbocycles. The number of carbonyl (C=O) groups excluding carboxylic acids is 5. The summed E-state index contributed by atoms with van der Waals surface area (Å²) in [5, 5.41) is 60.6. The first-order chi connectivity index (χ1) is 36.6. The fourth-order valence-corrected chi connectivity index (χ4v) is 11.1. The van der Waals surface area contributed by atoms with E-state index < -0.39 is 97.0 Å². The number of methoxy groups -OCH3 is 2. The summed E-state index contributed by atoms with van der Waals surface area (Å²) in [7, 11) is 8.42. The maximum atomic E-state index is 14.9. The number of carboxylic acids is 1. The van der Waals surface area contributed by atoms with Gasteiger partial charge in [0, 0.05) is 52.3 Å². The van der Waals surface area contributed by atoms with Crippen molar-refractivity contribution < 1.29 is 77.7 Å². The zero-order chi connectivity index (χ0) is 58.5. The molecule has 2 saturated heterocycles. The number of benzene rings is 2. The largest absolute Gasteiger partial charge is 0.479 e. The number of carboxylic acid groups (broad SMARTS) is 1. The molecule has 2 aliphatic heterocycles. The highest BCUT2D eigenvalue weighted by atomic mass is 16.7. The van der Waals surface area contributed by atoms with E-state index in [4.69, 9.17) is 24.7 Å². The lowest BCUT2D eigenvalue weighted by atomic mass is 9.89. The average Bonchev–Trinajstić information content (AvgIpc) is 3.87. The van der Waals surface area contributed by atoms with Crippen LogP contribution in [0.5, 0.6) is 5.75 Å². The van der Waals surface area contributed by atoms with Gasteiger partial charge in [-0.05, 0) is 55.4 Å². The number of aliphatic carboxylic acids is 1. The molecule has 0 bridgehead atoms. The van der Waals surface area contributed by atoms with E-state index in [-0.39, 0.29) is 83.2 Å². The molecule has 2 fully saturated rings. The molecule has 0 aromatic heterocycles.